The Hall–Kier alpha value is -1.82. The summed E-state index contributed by atoms with van der Waals surface area (Å²) in [5.74, 6) is 2.36. The van der Waals surface area contributed by atoms with Crippen molar-refractivity contribution in [2.24, 2.45) is 0 Å². The maximum atomic E-state index is 11.4. The van der Waals surface area contributed by atoms with E-state index in [9.17, 15) is 4.79 Å². The number of rotatable bonds is 4. The summed E-state index contributed by atoms with van der Waals surface area (Å²) in [6.07, 6.45) is 8.16. The van der Waals surface area contributed by atoms with Gasteiger partial charge in [0.15, 0.2) is 0 Å². The number of unbranched alkanes of at least 4 members (excludes halogenated alkanes) is 1. The van der Waals surface area contributed by atoms with Gasteiger partial charge in [-0.3, -0.25) is 9.78 Å². The minimum Gasteiger partial charge on any atom is -0.351 e. The summed E-state index contributed by atoms with van der Waals surface area (Å²) in [7, 11) is 0. The molecule has 72 valence electrons. The van der Waals surface area contributed by atoms with Crippen LogP contribution >= 0.6 is 0 Å². The van der Waals surface area contributed by atoms with Gasteiger partial charge in [-0.05, 0) is 18.6 Å². The molecule has 14 heavy (non-hydrogen) atoms. The van der Waals surface area contributed by atoms with Gasteiger partial charge in [0, 0.05) is 19.2 Å². The number of carbonyl (C=O) groups excluding carboxylic acids is 1. The van der Waals surface area contributed by atoms with Gasteiger partial charge in [0.1, 0.15) is 5.69 Å². The molecule has 1 amide bonds. The molecule has 0 bridgehead atoms. The van der Waals surface area contributed by atoms with Crippen LogP contribution in [0.15, 0.2) is 24.4 Å². The van der Waals surface area contributed by atoms with Crippen molar-refractivity contribution in [3.05, 3.63) is 30.1 Å². The number of amides is 1. The zero-order valence-corrected chi connectivity index (χ0v) is 7.86. The van der Waals surface area contributed by atoms with E-state index in [4.69, 9.17) is 6.42 Å². The Kier molecular flexibility index (Phi) is 4.22. The first-order chi connectivity index (χ1) is 6.84. The monoisotopic (exact) mass is 188 g/mol. The Morgan fingerprint density at radius 1 is 1.57 bits per heavy atom. The van der Waals surface area contributed by atoms with Crippen molar-refractivity contribution < 1.29 is 4.79 Å². The quantitative estimate of drug-likeness (QED) is 0.570. The van der Waals surface area contributed by atoms with Crippen LogP contribution in [0.3, 0.4) is 0 Å². The summed E-state index contributed by atoms with van der Waals surface area (Å²) < 4.78 is 0. The van der Waals surface area contributed by atoms with Gasteiger partial charge < -0.3 is 5.32 Å². The zero-order chi connectivity index (χ0) is 10.2. The summed E-state index contributed by atoms with van der Waals surface area (Å²) in [6, 6.07) is 5.23. The van der Waals surface area contributed by atoms with Crippen molar-refractivity contribution in [1.29, 1.82) is 0 Å². The molecule has 0 spiro atoms. The summed E-state index contributed by atoms with van der Waals surface area (Å²) in [5, 5.41) is 2.74. The van der Waals surface area contributed by atoms with E-state index >= 15 is 0 Å². The molecule has 0 fully saturated rings. The normalized spacial score (nSPS) is 9.07. The van der Waals surface area contributed by atoms with Crippen LogP contribution in [-0.2, 0) is 0 Å². The molecule has 0 aliphatic rings. The summed E-state index contributed by atoms with van der Waals surface area (Å²) in [6.45, 7) is 0.597. The van der Waals surface area contributed by atoms with Crippen LogP contribution in [-0.4, -0.2) is 17.4 Å². The standard InChI is InChI=1S/C11H12N2O/c1-2-3-5-9-13-11(14)10-7-4-6-8-12-10/h1,4,6-8H,3,5,9H2,(H,13,14). The zero-order valence-electron chi connectivity index (χ0n) is 7.86. The molecular weight excluding hydrogens is 176 g/mol. The van der Waals surface area contributed by atoms with Gasteiger partial charge >= 0.3 is 0 Å². The number of hydrogen-bond acceptors (Lipinski definition) is 2. The molecule has 0 atom stereocenters. The molecule has 0 saturated heterocycles. The molecular formula is C11H12N2O. The van der Waals surface area contributed by atoms with E-state index in [1.807, 2.05) is 0 Å². The molecule has 1 aromatic heterocycles. The van der Waals surface area contributed by atoms with E-state index in [0.29, 0.717) is 18.7 Å². The summed E-state index contributed by atoms with van der Waals surface area (Å²) in [4.78, 5) is 15.3. The van der Waals surface area contributed by atoms with Crippen molar-refractivity contribution in [3.8, 4) is 12.3 Å². The van der Waals surface area contributed by atoms with Crippen molar-refractivity contribution in [1.82, 2.24) is 10.3 Å². The fourth-order valence-corrected chi connectivity index (χ4v) is 0.980. The predicted molar refractivity (Wildman–Crippen MR) is 54.6 cm³/mol. The maximum absolute atomic E-state index is 11.4. The lowest BCUT2D eigenvalue weighted by Gasteiger charge is -2.01. The van der Waals surface area contributed by atoms with E-state index in [1.165, 1.54) is 0 Å². The van der Waals surface area contributed by atoms with E-state index in [0.717, 1.165) is 6.42 Å². The van der Waals surface area contributed by atoms with Crippen LogP contribution in [0.2, 0.25) is 0 Å². The minimum absolute atomic E-state index is 0.150. The fourth-order valence-electron chi connectivity index (χ4n) is 0.980. The van der Waals surface area contributed by atoms with E-state index < -0.39 is 0 Å². The van der Waals surface area contributed by atoms with Crippen LogP contribution in [0.4, 0.5) is 0 Å². The van der Waals surface area contributed by atoms with Crippen LogP contribution in [0.25, 0.3) is 0 Å². The smallest absolute Gasteiger partial charge is 0.269 e. The highest BCUT2D eigenvalue weighted by Crippen LogP contribution is 1.93. The molecule has 1 rings (SSSR count). The minimum atomic E-state index is -0.150. The van der Waals surface area contributed by atoms with Crippen molar-refractivity contribution >= 4 is 5.91 Å². The van der Waals surface area contributed by atoms with Gasteiger partial charge in [-0.25, -0.2) is 0 Å². The number of nitrogens with one attached hydrogen (secondary N) is 1. The van der Waals surface area contributed by atoms with Gasteiger partial charge in [0.2, 0.25) is 0 Å². The van der Waals surface area contributed by atoms with Crippen molar-refractivity contribution in [2.45, 2.75) is 12.8 Å². The average molecular weight is 188 g/mol. The third kappa shape index (κ3) is 3.28. The van der Waals surface area contributed by atoms with Crippen LogP contribution in [0.5, 0.6) is 0 Å². The highest BCUT2D eigenvalue weighted by molar-refractivity contribution is 5.92. The molecule has 0 aliphatic carbocycles. The lowest BCUT2D eigenvalue weighted by molar-refractivity contribution is 0.0948. The van der Waals surface area contributed by atoms with Crippen LogP contribution < -0.4 is 5.32 Å². The summed E-state index contributed by atoms with van der Waals surface area (Å²) in [5.41, 5.74) is 0.438. The third-order valence-electron chi connectivity index (χ3n) is 1.68. The average Bonchev–Trinajstić information content (AvgIpc) is 2.25. The molecule has 0 aliphatic heterocycles. The number of terminal acetylenes is 1. The molecule has 1 aromatic rings. The molecule has 0 unspecified atom stereocenters. The molecule has 0 saturated carbocycles. The number of aromatic nitrogens is 1. The third-order valence-corrected chi connectivity index (χ3v) is 1.68. The van der Waals surface area contributed by atoms with Gasteiger partial charge in [0.25, 0.3) is 5.91 Å². The van der Waals surface area contributed by atoms with E-state index in [-0.39, 0.29) is 5.91 Å². The SMILES string of the molecule is C#CCCCNC(=O)c1ccccn1. The Morgan fingerprint density at radius 3 is 3.07 bits per heavy atom. The van der Waals surface area contributed by atoms with Crippen LogP contribution in [0.1, 0.15) is 23.3 Å². The Bertz CT molecular complexity index is 327. The van der Waals surface area contributed by atoms with Gasteiger partial charge in [-0.15, -0.1) is 12.3 Å². The van der Waals surface area contributed by atoms with Crippen molar-refractivity contribution in [2.75, 3.05) is 6.54 Å². The fraction of sp³-hybridized carbons (Fsp3) is 0.273. The largest absolute Gasteiger partial charge is 0.351 e. The molecule has 1 heterocycles. The molecule has 1 N–H and O–H groups in total. The number of pyridine rings is 1. The van der Waals surface area contributed by atoms with Gasteiger partial charge in [0.05, 0.1) is 0 Å². The number of carbonyl (C=O) groups is 1. The van der Waals surface area contributed by atoms with E-state index in [1.54, 1.807) is 24.4 Å². The Balaban J connectivity index is 2.33. The molecule has 3 nitrogen and oxygen atoms in total. The topological polar surface area (TPSA) is 42.0 Å². The lowest BCUT2D eigenvalue weighted by Crippen LogP contribution is -2.25. The molecule has 0 radical (unpaired) electrons. The van der Waals surface area contributed by atoms with Gasteiger partial charge in [-0.2, -0.15) is 0 Å². The molecule has 3 heteroatoms. The van der Waals surface area contributed by atoms with Gasteiger partial charge in [-0.1, -0.05) is 6.07 Å². The second kappa shape index (κ2) is 5.76. The molecule has 0 aromatic carbocycles. The number of nitrogens with zero attached hydrogens (tertiary/aromatic N) is 1. The van der Waals surface area contributed by atoms with E-state index in [2.05, 4.69) is 16.2 Å². The first kappa shape index (κ1) is 10.3. The lowest BCUT2D eigenvalue weighted by atomic mass is 10.3. The first-order valence-corrected chi connectivity index (χ1v) is 4.47. The second-order valence-corrected chi connectivity index (χ2v) is 2.78. The van der Waals surface area contributed by atoms with Crippen LogP contribution in [0, 0.1) is 12.3 Å². The Labute approximate surface area is 83.6 Å². The second-order valence-electron chi connectivity index (χ2n) is 2.78. The predicted octanol–water partition coefficient (Wildman–Crippen LogP) is 1.22. The highest BCUT2D eigenvalue weighted by atomic mass is 16.1. The Morgan fingerprint density at radius 2 is 2.43 bits per heavy atom. The highest BCUT2D eigenvalue weighted by Gasteiger charge is 2.03. The first-order valence-electron chi connectivity index (χ1n) is 4.47. The van der Waals surface area contributed by atoms with Crippen molar-refractivity contribution in [3.63, 3.8) is 0 Å². The number of hydrogen-bond donors (Lipinski definition) is 1. The maximum Gasteiger partial charge on any atom is 0.269 e. The summed E-state index contributed by atoms with van der Waals surface area (Å²) >= 11 is 0.